The highest BCUT2D eigenvalue weighted by Gasteiger charge is 2.34. The van der Waals surface area contributed by atoms with Crippen LogP contribution in [0.25, 0.3) is 0 Å². The zero-order valence-corrected chi connectivity index (χ0v) is 8.09. The summed E-state index contributed by atoms with van der Waals surface area (Å²) in [4.78, 5) is 0. The zero-order chi connectivity index (χ0) is 8.55. The lowest BCUT2D eigenvalue weighted by Gasteiger charge is -2.17. The summed E-state index contributed by atoms with van der Waals surface area (Å²) in [5.41, 5.74) is 1.57. The molecule has 3 unspecified atom stereocenters. The van der Waals surface area contributed by atoms with Gasteiger partial charge >= 0.3 is 0 Å². The Morgan fingerprint density at radius 1 is 1.42 bits per heavy atom. The van der Waals surface area contributed by atoms with Gasteiger partial charge in [-0.25, -0.2) is 0 Å². The molecule has 2 aliphatic carbocycles. The molecule has 2 bridgehead atoms. The Hall–Kier alpha value is -0.520. The molecule has 0 heterocycles. The van der Waals surface area contributed by atoms with Crippen LogP contribution in [0.15, 0.2) is 23.8 Å². The maximum Gasteiger partial charge on any atom is -0.0196 e. The van der Waals surface area contributed by atoms with Crippen molar-refractivity contribution in [2.75, 3.05) is 0 Å². The van der Waals surface area contributed by atoms with Crippen molar-refractivity contribution in [1.29, 1.82) is 0 Å². The van der Waals surface area contributed by atoms with Gasteiger partial charge in [-0.1, -0.05) is 23.8 Å². The quantitative estimate of drug-likeness (QED) is 0.545. The lowest BCUT2D eigenvalue weighted by atomic mass is 9.88. The summed E-state index contributed by atoms with van der Waals surface area (Å²) < 4.78 is 0. The van der Waals surface area contributed by atoms with E-state index < -0.39 is 0 Å². The highest BCUT2D eigenvalue weighted by molar-refractivity contribution is 5.12. The molecule has 0 N–H and O–H groups in total. The summed E-state index contributed by atoms with van der Waals surface area (Å²) in [6.45, 7) is 4.41. The van der Waals surface area contributed by atoms with Crippen molar-refractivity contribution >= 4 is 0 Å². The van der Waals surface area contributed by atoms with Gasteiger partial charge in [0.2, 0.25) is 0 Å². The molecule has 2 aliphatic rings. The van der Waals surface area contributed by atoms with Gasteiger partial charge in [0.25, 0.3) is 0 Å². The van der Waals surface area contributed by atoms with Gasteiger partial charge in [0, 0.05) is 0 Å². The van der Waals surface area contributed by atoms with Crippen molar-refractivity contribution in [2.45, 2.75) is 33.1 Å². The summed E-state index contributed by atoms with van der Waals surface area (Å²) in [5, 5.41) is 0. The summed E-state index contributed by atoms with van der Waals surface area (Å²) in [5.74, 6) is 2.82. The second-order valence-corrected chi connectivity index (χ2v) is 4.38. The van der Waals surface area contributed by atoms with Crippen molar-refractivity contribution in [2.24, 2.45) is 17.8 Å². The number of fused-ring (bicyclic) bond motifs is 2. The molecule has 1 saturated carbocycles. The summed E-state index contributed by atoms with van der Waals surface area (Å²) in [6.07, 6.45) is 11.4. The lowest BCUT2D eigenvalue weighted by Crippen LogP contribution is -2.06. The topological polar surface area (TPSA) is 0 Å². The maximum absolute atomic E-state index is 2.45. The minimum atomic E-state index is 0.921. The molecule has 2 rings (SSSR count). The first kappa shape index (κ1) is 8.10. The van der Waals surface area contributed by atoms with E-state index in [0.29, 0.717) is 0 Å². The van der Waals surface area contributed by atoms with Crippen LogP contribution < -0.4 is 0 Å². The van der Waals surface area contributed by atoms with Gasteiger partial charge in [0.05, 0.1) is 0 Å². The predicted molar refractivity (Wildman–Crippen MR) is 52.9 cm³/mol. The average molecular weight is 162 g/mol. The second-order valence-electron chi connectivity index (χ2n) is 4.38. The number of rotatable bonds is 2. The number of hydrogen-bond donors (Lipinski definition) is 0. The summed E-state index contributed by atoms with van der Waals surface area (Å²) in [7, 11) is 0. The molecule has 12 heavy (non-hydrogen) atoms. The molecule has 0 saturated heterocycles. The van der Waals surface area contributed by atoms with Crippen LogP contribution in [0.4, 0.5) is 0 Å². The third-order valence-electron chi connectivity index (χ3n) is 3.49. The molecule has 0 aromatic carbocycles. The predicted octanol–water partition coefficient (Wildman–Crippen LogP) is 3.55. The molecule has 0 nitrogen and oxygen atoms in total. The Kier molecular flexibility index (Phi) is 2.08. The normalized spacial score (nSPS) is 39.5. The average Bonchev–Trinajstić information content (AvgIpc) is 2.64. The van der Waals surface area contributed by atoms with E-state index in [1.54, 1.807) is 5.57 Å². The van der Waals surface area contributed by atoms with Crippen LogP contribution in [0.1, 0.15) is 33.1 Å². The first-order valence-electron chi connectivity index (χ1n) is 5.09. The van der Waals surface area contributed by atoms with Gasteiger partial charge in [-0.15, -0.1) is 0 Å². The van der Waals surface area contributed by atoms with E-state index in [-0.39, 0.29) is 0 Å². The van der Waals surface area contributed by atoms with Crippen LogP contribution in [-0.2, 0) is 0 Å². The molecular formula is C12H18. The van der Waals surface area contributed by atoms with Gasteiger partial charge in [-0.3, -0.25) is 0 Å². The third-order valence-corrected chi connectivity index (χ3v) is 3.49. The van der Waals surface area contributed by atoms with Gasteiger partial charge < -0.3 is 0 Å². The minimum Gasteiger partial charge on any atom is -0.0887 e. The fourth-order valence-electron chi connectivity index (χ4n) is 2.66. The van der Waals surface area contributed by atoms with Crippen LogP contribution in [-0.4, -0.2) is 0 Å². The van der Waals surface area contributed by atoms with E-state index in [4.69, 9.17) is 0 Å². The van der Waals surface area contributed by atoms with Crippen molar-refractivity contribution in [3.05, 3.63) is 23.8 Å². The third kappa shape index (κ3) is 1.35. The van der Waals surface area contributed by atoms with Gasteiger partial charge in [-0.2, -0.15) is 0 Å². The van der Waals surface area contributed by atoms with Crippen LogP contribution in [0.5, 0.6) is 0 Å². The smallest absolute Gasteiger partial charge is 0.0196 e. The van der Waals surface area contributed by atoms with E-state index in [9.17, 15) is 0 Å². The van der Waals surface area contributed by atoms with E-state index in [2.05, 4.69) is 32.1 Å². The summed E-state index contributed by atoms with van der Waals surface area (Å²) >= 11 is 0. The van der Waals surface area contributed by atoms with Crippen LogP contribution >= 0.6 is 0 Å². The SMILES string of the molecule is CC=C(C)CC1CC2C=CC1C2. The van der Waals surface area contributed by atoms with Crippen molar-refractivity contribution in [3.8, 4) is 0 Å². The Balaban J connectivity index is 1.95. The Labute approximate surface area is 75.4 Å². The largest absolute Gasteiger partial charge is 0.0887 e. The van der Waals surface area contributed by atoms with Gasteiger partial charge in [-0.05, 0) is 50.9 Å². The molecule has 0 heteroatoms. The fourth-order valence-corrected chi connectivity index (χ4v) is 2.66. The standard InChI is InChI=1S/C12H18/c1-3-9(2)6-12-8-10-4-5-11(12)7-10/h3-5,10-12H,6-8H2,1-2H3. The van der Waals surface area contributed by atoms with E-state index in [0.717, 1.165) is 17.8 Å². The zero-order valence-electron chi connectivity index (χ0n) is 8.09. The highest BCUT2D eigenvalue weighted by Crippen LogP contribution is 2.45. The van der Waals surface area contributed by atoms with E-state index >= 15 is 0 Å². The molecule has 0 aromatic heterocycles. The molecule has 0 amide bonds. The highest BCUT2D eigenvalue weighted by atomic mass is 14.4. The first-order valence-corrected chi connectivity index (χ1v) is 5.09. The van der Waals surface area contributed by atoms with Crippen molar-refractivity contribution in [3.63, 3.8) is 0 Å². The Bertz CT molecular complexity index is 222. The maximum atomic E-state index is 2.45. The molecular weight excluding hydrogens is 144 g/mol. The number of hydrogen-bond acceptors (Lipinski definition) is 0. The van der Waals surface area contributed by atoms with Gasteiger partial charge in [0.1, 0.15) is 0 Å². The molecule has 0 aromatic rings. The molecule has 0 radical (unpaired) electrons. The first-order chi connectivity index (χ1) is 5.79. The van der Waals surface area contributed by atoms with Crippen LogP contribution in [0.3, 0.4) is 0 Å². The molecule has 66 valence electrons. The molecule has 0 aliphatic heterocycles. The van der Waals surface area contributed by atoms with Crippen molar-refractivity contribution in [1.82, 2.24) is 0 Å². The Morgan fingerprint density at radius 2 is 2.25 bits per heavy atom. The Morgan fingerprint density at radius 3 is 2.75 bits per heavy atom. The minimum absolute atomic E-state index is 0.921. The molecule has 0 spiro atoms. The van der Waals surface area contributed by atoms with E-state index in [1.165, 1.54) is 19.3 Å². The molecule has 3 atom stereocenters. The monoisotopic (exact) mass is 162 g/mol. The fraction of sp³-hybridized carbons (Fsp3) is 0.667. The van der Waals surface area contributed by atoms with Crippen LogP contribution in [0, 0.1) is 17.8 Å². The summed E-state index contributed by atoms with van der Waals surface area (Å²) in [6, 6.07) is 0. The van der Waals surface area contributed by atoms with Crippen molar-refractivity contribution < 1.29 is 0 Å². The number of allylic oxidation sites excluding steroid dienone is 4. The van der Waals surface area contributed by atoms with Crippen LogP contribution in [0.2, 0.25) is 0 Å². The van der Waals surface area contributed by atoms with E-state index in [1.807, 2.05) is 0 Å². The lowest BCUT2D eigenvalue weighted by molar-refractivity contribution is 0.444. The van der Waals surface area contributed by atoms with Gasteiger partial charge in [0.15, 0.2) is 0 Å². The molecule has 1 fully saturated rings. The second kappa shape index (κ2) is 3.08.